The first-order valence-electron chi connectivity index (χ1n) is 6.08. The standard InChI is InChI=1S/C14H18N4O/c1-8-11(15)6-5-7-12(8)16-14(19)13-9(2)17-18(4)10(13)3/h5-7H,15H2,1-4H3,(H,16,19). The smallest absolute Gasteiger partial charge is 0.259 e. The van der Waals surface area contributed by atoms with Crippen LogP contribution in [0.5, 0.6) is 0 Å². The second-order valence-corrected chi connectivity index (χ2v) is 4.64. The van der Waals surface area contributed by atoms with Gasteiger partial charge in [0.2, 0.25) is 0 Å². The van der Waals surface area contributed by atoms with Gasteiger partial charge in [0.15, 0.2) is 0 Å². The van der Waals surface area contributed by atoms with Gasteiger partial charge in [0, 0.05) is 24.1 Å². The SMILES string of the molecule is Cc1nn(C)c(C)c1C(=O)Nc1cccc(N)c1C. The highest BCUT2D eigenvalue weighted by molar-refractivity contribution is 6.06. The molecule has 1 aromatic heterocycles. The molecule has 2 aromatic rings. The quantitative estimate of drug-likeness (QED) is 0.811. The maximum absolute atomic E-state index is 12.3. The summed E-state index contributed by atoms with van der Waals surface area (Å²) in [6, 6.07) is 5.47. The Labute approximate surface area is 112 Å². The van der Waals surface area contributed by atoms with Crippen LogP contribution in [-0.4, -0.2) is 15.7 Å². The van der Waals surface area contributed by atoms with Crippen molar-refractivity contribution in [1.82, 2.24) is 9.78 Å². The number of rotatable bonds is 2. The van der Waals surface area contributed by atoms with Crippen LogP contribution in [0.1, 0.15) is 27.3 Å². The molecule has 0 aliphatic heterocycles. The van der Waals surface area contributed by atoms with Gasteiger partial charge in [0.05, 0.1) is 11.3 Å². The van der Waals surface area contributed by atoms with E-state index in [9.17, 15) is 4.79 Å². The third kappa shape index (κ3) is 2.31. The number of anilines is 2. The molecular formula is C14H18N4O. The highest BCUT2D eigenvalue weighted by Gasteiger charge is 2.18. The Morgan fingerprint density at radius 1 is 1.32 bits per heavy atom. The number of nitrogens with one attached hydrogen (secondary N) is 1. The molecule has 0 saturated carbocycles. The van der Waals surface area contributed by atoms with Crippen LogP contribution in [0.4, 0.5) is 11.4 Å². The van der Waals surface area contributed by atoms with Gasteiger partial charge in [-0.05, 0) is 38.5 Å². The Bertz CT molecular complexity index is 643. The zero-order valence-corrected chi connectivity index (χ0v) is 11.6. The first-order chi connectivity index (χ1) is 8.91. The molecule has 1 heterocycles. The number of hydrogen-bond acceptors (Lipinski definition) is 3. The van der Waals surface area contributed by atoms with Crippen molar-refractivity contribution in [3.05, 3.63) is 40.7 Å². The molecule has 0 saturated heterocycles. The normalized spacial score (nSPS) is 10.5. The number of benzene rings is 1. The van der Waals surface area contributed by atoms with E-state index in [0.717, 1.165) is 22.6 Å². The summed E-state index contributed by atoms with van der Waals surface area (Å²) < 4.78 is 1.70. The number of hydrogen-bond donors (Lipinski definition) is 2. The molecule has 0 bridgehead atoms. The van der Waals surface area contributed by atoms with Crippen LogP contribution in [0, 0.1) is 20.8 Å². The maximum atomic E-state index is 12.3. The number of aryl methyl sites for hydroxylation is 2. The van der Waals surface area contributed by atoms with Crippen molar-refractivity contribution < 1.29 is 4.79 Å². The van der Waals surface area contributed by atoms with Gasteiger partial charge < -0.3 is 11.1 Å². The minimum Gasteiger partial charge on any atom is -0.398 e. The second-order valence-electron chi connectivity index (χ2n) is 4.64. The summed E-state index contributed by atoms with van der Waals surface area (Å²) in [5.74, 6) is -0.156. The van der Waals surface area contributed by atoms with Gasteiger partial charge in [-0.2, -0.15) is 5.10 Å². The van der Waals surface area contributed by atoms with E-state index in [1.54, 1.807) is 4.68 Å². The number of nitrogens with two attached hydrogens (primary N) is 1. The number of nitrogen functional groups attached to an aromatic ring is 1. The van der Waals surface area contributed by atoms with E-state index in [2.05, 4.69) is 10.4 Å². The predicted octanol–water partition coefficient (Wildman–Crippen LogP) is 2.18. The Morgan fingerprint density at radius 3 is 2.58 bits per heavy atom. The second kappa shape index (κ2) is 4.76. The first kappa shape index (κ1) is 13.1. The van der Waals surface area contributed by atoms with Crippen LogP contribution in [-0.2, 0) is 7.05 Å². The van der Waals surface area contributed by atoms with Crippen LogP contribution in [0.15, 0.2) is 18.2 Å². The van der Waals surface area contributed by atoms with Gasteiger partial charge in [0.25, 0.3) is 5.91 Å². The Hall–Kier alpha value is -2.30. The molecule has 3 N–H and O–H groups in total. The van der Waals surface area contributed by atoms with Gasteiger partial charge >= 0.3 is 0 Å². The molecule has 100 valence electrons. The number of carbonyl (C=O) groups excluding carboxylic acids is 1. The first-order valence-corrected chi connectivity index (χ1v) is 6.08. The van der Waals surface area contributed by atoms with Gasteiger partial charge in [-0.3, -0.25) is 9.48 Å². The molecule has 1 aromatic carbocycles. The summed E-state index contributed by atoms with van der Waals surface area (Å²) in [7, 11) is 1.82. The third-order valence-electron chi connectivity index (χ3n) is 3.36. The molecule has 5 nitrogen and oxygen atoms in total. The average Bonchev–Trinajstić information content (AvgIpc) is 2.59. The summed E-state index contributed by atoms with van der Waals surface area (Å²) in [5, 5.41) is 7.13. The molecule has 0 spiro atoms. The summed E-state index contributed by atoms with van der Waals surface area (Å²) in [6.45, 7) is 5.59. The highest BCUT2D eigenvalue weighted by atomic mass is 16.1. The molecule has 1 amide bonds. The fourth-order valence-electron chi connectivity index (χ4n) is 2.08. The number of carbonyl (C=O) groups is 1. The number of nitrogens with zero attached hydrogens (tertiary/aromatic N) is 2. The van der Waals surface area contributed by atoms with Crippen molar-refractivity contribution in [1.29, 1.82) is 0 Å². The summed E-state index contributed by atoms with van der Waals surface area (Å²) >= 11 is 0. The fourth-order valence-corrected chi connectivity index (χ4v) is 2.08. The summed E-state index contributed by atoms with van der Waals surface area (Å²) in [5.41, 5.74) is 10.3. The van der Waals surface area contributed by atoms with Crippen molar-refractivity contribution in [3.8, 4) is 0 Å². The number of aromatic nitrogens is 2. The molecule has 0 atom stereocenters. The molecule has 0 fully saturated rings. The maximum Gasteiger partial charge on any atom is 0.259 e. The molecular weight excluding hydrogens is 240 g/mol. The third-order valence-corrected chi connectivity index (χ3v) is 3.36. The van der Waals surface area contributed by atoms with E-state index in [-0.39, 0.29) is 5.91 Å². The zero-order chi connectivity index (χ0) is 14.2. The lowest BCUT2D eigenvalue weighted by Gasteiger charge is -2.10. The van der Waals surface area contributed by atoms with E-state index >= 15 is 0 Å². The fraction of sp³-hybridized carbons (Fsp3) is 0.286. The summed E-state index contributed by atoms with van der Waals surface area (Å²) in [6.07, 6.45) is 0. The van der Waals surface area contributed by atoms with E-state index in [1.807, 2.05) is 46.0 Å². The Morgan fingerprint density at radius 2 is 2.00 bits per heavy atom. The Kier molecular flexibility index (Phi) is 3.29. The Balaban J connectivity index is 2.34. The molecule has 0 unspecified atom stereocenters. The molecule has 5 heteroatoms. The minimum absolute atomic E-state index is 0.156. The van der Waals surface area contributed by atoms with E-state index in [1.165, 1.54) is 0 Å². The molecule has 0 aliphatic carbocycles. The average molecular weight is 258 g/mol. The van der Waals surface area contributed by atoms with Crippen LogP contribution in [0.3, 0.4) is 0 Å². The van der Waals surface area contributed by atoms with Crippen LogP contribution < -0.4 is 11.1 Å². The van der Waals surface area contributed by atoms with Crippen molar-refractivity contribution >= 4 is 17.3 Å². The lowest BCUT2D eigenvalue weighted by atomic mass is 10.1. The van der Waals surface area contributed by atoms with Crippen molar-refractivity contribution in [2.75, 3.05) is 11.1 Å². The van der Waals surface area contributed by atoms with E-state index < -0.39 is 0 Å². The van der Waals surface area contributed by atoms with E-state index in [0.29, 0.717) is 11.3 Å². The molecule has 19 heavy (non-hydrogen) atoms. The lowest BCUT2D eigenvalue weighted by Crippen LogP contribution is -2.15. The topological polar surface area (TPSA) is 72.9 Å². The lowest BCUT2D eigenvalue weighted by molar-refractivity contribution is 0.102. The predicted molar refractivity (Wildman–Crippen MR) is 76.2 cm³/mol. The minimum atomic E-state index is -0.156. The van der Waals surface area contributed by atoms with Gasteiger partial charge in [-0.1, -0.05) is 6.07 Å². The van der Waals surface area contributed by atoms with Crippen molar-refractivity contribution in [2.24, 2.45) is 7.05 Å². The molecule has 2 rings (SSSR count). The van der Waals surface area contributed by atoms with Crippen LogP contribution >= 0.6 is 0 Å². The monoisotopic (exact) mass is 258 g/mol. The van der Waals surface area contributed by atoms with E-state index in [4.69, 9.17) is 5.73 Å². The van der Waals surface area contributed by atoms with Crippen LogP contribution in [0.25, 0.3) is 0 Å². The largest absolute Gasteiger partial charge is 0.398 e. The van der Waals surface area contributed by atoms with Crippen LogP contribution in [0.2, 0.25) is 0 Å². The molecule has 0 radical (unpaired) electrons. The summed E-state index contributed by atoms with van der Waals surface area (Å²) in [4.78, 5) is 12.3. The van der Waals surface area contributed by atoms with Crippen molar-refractivity contribution in [3.63, 3.8) is 0 Å². The highest BCUT2D eigenvalue weighted by Crippen LogP contribution is 2.22. The molecule has 0 aliphatic rings. The van der Waals surface area contributed by atoms with Gasteiger partial charge in [-0.15, -0.1) is 0 Å². The van der Waals surface area contributed by atoms with Gasteiger partial charge in [0.1, 0.15) is 0 Å². The number of amides is 1. The van der Waals surface area contributed by atoms with Gasteiger partial charge in [-0.25, -0.2) is 0 Å². The van der Waals surface area contributed by atoms with Crippen molar-refractivity contribution in [2.45, 2.75) is 20.8 Å². The zero-order valence-electron chi connectivity index (χ0n) is 11.6.